The number of ether oxygens (including phenoxy) is 2. The Labute approximate surface area is 124 Å². The summed E-state index contributed by atoms with van der Waals surface area (Å²) >= 11 is 3.22. The Hall–Kier alpha value is -1.67. The predicted molar refractivity (Wildman–Crippen MR) is 76.6 cm³/mol. The number of nitrogens with zero attached hydrogens (tertiary/aromatic N) is 1. The van der Waals surface area contributed by atoms with Gasteiger partial charge in [0.05, 0.1) is 25.2 Å². The molecule has 0 atom stereocenters. The van der Waals surface area contributed by atoms with Crippen molar-refractivity contribution in [1.29, 1.82) is 0 Å². The van der Waals surface area contributed by atoms with E-state index in [-0.39, 0.29) is 17.3 Å². The first kappa shape index (κ1) is 16.4. The van der Waals surface area contributed by atoms with Crippen molar-refractivity contribution in [2.24, 2.45) is 0 Å². The number of nitro groups is 1. The van der Waals surface area contributed by atoms with Gasteiger partial charge in [0.1, 0.15) is 0 Å². The van der Waals surface area contributed by atoms with Gasteiger partial charge in [-0.3, -0.25) is 14.9 Å². The Morgan fingerprint density at radius 1 is 1.45 bits per heavy atom. The van der Waals surface area contributed by atoms with Gasteiger partial charge in [0.25, 0.3) is 5.91 Å². The summed E-state index contributed by atoms with van der Waals surface area (Å²) < 4.78 is 10.1. The Kier molecular flexibility index (Phi) is 6.96. The molecule has 0 fully saturated rings. The minimum Gasteiger partial charge on any atom is -0.490 e. The van der Waals surface area contributed by atoms with Crippen molar-refractivity contribution in [2.45, 2.75) is 0 Å². The van der Waals surface area contributed by atoms with Gasteiger partial charge < -0.3 is 14.8 Å². The summed E-state index contributed by atoms with van der Waals surface area (Å²) in [4.78, 5) is 22.0. The van der Waals surface area contributed by atoms with Crippen molar-refractivity contribution in [3.63, 3.8) is 0 Å². The second-order valence-corrected chi connectivity index (χ2v) is 4.49. The molecule has 0 spiro atoms. The van der Waals surface area contributed by atoms with Gasteiger partial charge >= 0.3 is 5.69 Å². The molecule has 8 heteroatoms. The Morgan fingerprint density at radius 3 is 2.80 bits per heavy atom. The number of methoxy groups -OCH3 is 1. The van der Waals surface area contributed by atoms with Crippen molar-refractivity contribution in [3.05, 3.63) is 33.9 Å². The van der Waals surface area contributed by atoms with Crippen LogP contribution in [0.4, 0.5) is 5.69 Å². The van der Waals surface area contributed by atoms with Gasteiger partial charge in [0.15, 0.2) is 5.75 Å². The molecule has 1 aromatic rings. The number of amides is 1. The van der Waals surface area contributed by atoms with Crippen molar-refractivity contribution in [3.8, 4) is 5.75 Å². The Morgan fingerprint density at radius 2 is 2.20 bits per heavy atom. The standard InChI is InChI=1S/C12H15BrN2O5/c1-19-11-8-9(2-3-10(11)15(17)18)12(16)14-5-7-20-6-4-13/h2-3,8H,4-7H2,1H3,(H,14,16). The maximum absolute atomic E-state index is 11.8. The molecule has 0 aliphatic carbocycles. The number of benzene rings is 1. The lowest BCUT2D eigenvalue weighted by molar-refractivity contribution is -0.385. The van der Waals surface area contributed by atoms with Crippen molar-refractivity contribution >= 4 is 27.5 Å². The van der Waals surface area contributed by atoms with Crippen LogP contribution in [0.1, 0.15) is 10.4 Å². The van der Waals surface area contributed by atoms with Crippen LogP contribution in [0.25, 0.3) is 0 Å². The monoisotopic (exact) mass is 346 g/mol. The summed E-state index contributed by atoms with van der Waals surface area (Å²) in [5, 5.41) is 14.1. The van der Waals surface area contributed by atoms with E-state index >= 15 is 0 Å². The van der Waals surface area contributed by atoms with Gasteiger partial charge in [0, 0.05) is 29.6 Å². The van der Waals surface area contributed by atoms with Crippen molar-refractivity contribution in [1.82, 2.24) is 5.32 Å². The summed E-state index contributed by atoms with van der Waals surface area (Å²) in [7, 11) is 1.32. The third kappa shape index (κ3) is 4.78. The number of nitrogens with one attached hydrogen (secondary N) is 1. The maximum Gasteiger partial charge on any atom is 0.310 e. The van der Waals surface area contributed by atoms with E-state index in [4.69, 9.17) is 9.47 Å². The van der Waals surface area contributed by atoms with Crippen LogP contribution in [0.15, 0.2) is 18.2 Å². The van der Waals surface area contributed by atoms with Crippen LogP contribution < -0.4 is 10.1 Å². The zero-order valence-corrected chi connectivity index (χ0v) is 12.5. The zero-order chi connectivity index (χ0) is 15.0. The summed E-state index contributed by atoms with van der Waals surface area (Å²) in [6.45, 7) is 1.34. The van der Waals surface area contributed by atoms with Crippen LogP contribution >= 0.6 is 15.9 Å². The van der Waals surface area contributed by atoms with Crippen LogP contribution in [0.5, 0.6) is 5.75 Å². The molecule has 1 aromatic carbocycles. The quantitative estimate of drug-likeness (QED) is 0.335. The van der Waals surface area contributed by atoms with E-state index in [0.29, 0.717) is 25.3 Å². The van der Waals surface area contributed by atoms with Crippen LogP contribution in [0, 0.1) is 10.1 Å². The minimum atomic E-state index is -0.561. The molecule has 0 radical (unpaired) electrons. The zero-order valence-electron chi connectivity index (χ0n) is 10.9. The molecule has 0 heterocycles. The van der Waals surface area contributed by atoms with E-state index in [1.807, 2.05) is 0 Å². The average molecular weight is 347 g/mol. The normalized spacial score (nSPS) is 10.1. The highest BCUT2D eigenvalue weighted by molar-refractivity contribution is 9.09. The van der Waals surface area contributed by atoms with E-state index in [1.165, 1.54) is 25.3 Å². The molecule has 1 rings (SSSR count). The maximum atomic E-state index is 11.8. The van der Waals surface area contributed by atoms with Gasteiger partial charge in [-0.05, 0) is 6.07 Å². The largest absolute Gasteiger partial charge is 0.490 e. The summed E-state index contributed by atoms with van der Waals surface area (Å²) in [6.07, 6.45) is 0. The van der Waals surface area contributed by atoms with Crippen LogP contribution in [0.2, 0.25) is 0 Å². The fourth-order valence-electron chi connectivity index (χ4n) is 1.47. The molecule has 0 aliphatic heterocycles. The lowest BCUT2D eigenvalue weighted by Gasteiger charge is -2.07. The Bertz CT molecular complexity index is 481. The molecule has 0 saturated carbocycles. The molecule has 0 aromatic heterocycles. The third-order valence-corrected chi connectivity index (χ3v) is 2.72. The van der Waals surface area contributed by atoms with Crippen molar-refractivity contribution in [2.75, 3.05) is 32.2 Å². The first-order chi connectivity index (χ1) is 9.60. The SMILES string of the molecule is COc1cc(C(=O)NCCOCCBr)ccc1[N+](=O)[O-]. The second-order valence-electron chi connectivity index (χ2n) is 3.70. The first-order valence-corrected chi connectivity index (χ1v) is 6.96. The molecule has 1 amide bonds. The van der Waals surface area contributed by atoms with E-state index in [1.54, 1.807) is 0 Å². The first-order valence-electron chi connectivity index (χ1n) is 5.84. The molecule has 0 saturated heterocycles. The molecule has 1 N–H and O–H groups in total. The van der Waals surface area contributed by atoms with E-state index in [0.717, 1.165) is 5.33 Å². The fraction of sp³-hybridized carbons (Fsp3) is 0.417. The number of hydrogen-bond acceptors (Lipinski definition) is 5. The fourth-order valence-corrected chi connectivity index (χ4v) is 1.69. The number of carbonyl (C=O) groups is 1. The van der Waals surface area contributed by atoms with Gasteiger partial charge in [0.2, 0.25) is 0 Å². The number of rotatable bonds is 8. The van der Waals surface area contributed by atoms with E-state index in [9.17, 15) is 14.9 Å². The summed E-state index contributed by atoms with van der Waals surface area (Å²) in [5.41, 5.74) is 0.123. The molecular formula is C12H15BrN2O5. The molecule has 0 bridgehead atoms. The van der Waals surface area contributed by atoms with Gasteiger partial charge in [-0.1, -0.05) is 15.9 Å². The van der Waals surface area contributed by atoms with Crippen LogP contribution in [-0.4, -0.2) is 43.0 Å². The second kappa shape index (κ2) is 8.49. The molecule has 20 heavy (non-hydrogen) atoms. The number of hydrogen-bond donors (Lipinski definition) is 1. The van der Waals surface area contributed by atoms with Crippen molar-refractivity contribution < 1.29 is 19.2 Å². The van der Waals surface area contributed by atoms with Crippen LogP contribution in [-0.2, 0) is 4.74 Å². The molecule has 7 nitrogen and oxygen atoms in total. The molecule has 110 valence electrons. The lowest BCUT2D eigenvalue weighted by Crippen LogP contribution is -2.27. The highest BCUT2D eigenvalue weighted by Crippen LogP contribution is 2.27. The molecular weight excluding hydrogens is 332 g/mol. The third-order valence-electron chi connectivity index (χ3n) is 2.39. The smallest absolute Gasteiger partial charge is 0.310 e. The predicted octanol–water partition coefficient (Wildman–Crippen LogP) is 1.74. The van der Waals surface area contributed by atoms with Gasteiger partial charge in [-0.25, -0.2) is 0 Å². The average Bonchev–Trinajstić information content (AvgIpc) is 2.45. The van der Waals surface area contributed by atoms with Crippen LogP contribution in [0.3, 0.4) is 0 Å². The number of alkyl halides is 1. The summed E-state index contributed by atoms with van der Waals surface area (Å²) in [5.74, 6) is -0.279. The van der Waals surface area contributed by atoms with E-state index in [2.05, 4.69) is 21.2 Å². The number of nitro benzene ring substituents is 1. The van der Waals surface area contributed by atoms with Gasteiger partial charge in [-0.2, -0.15) is 0 Å². The highest BCUT2D eigenvalue weighted by atomic mass is 79.9. The number of carbonyl (C=O) groups excluding carboxylic acids is 1. The Balaban J connectivity index is 2.62. The molecule has 0 unspecified atom stereocenters. The summed E-state index contributed by atoms with van der Waals surface area (Å²) in [6, 6.07) is 3.97. The molecule has 0 aliphatic rings. The number of halogens is 1. The lowest BCUT2D eigenvalue weighted by atomic mass is 10.2. The minimum absolute atomic E-state index is 0.0539. The van der Waals surface area contributed by atoms with Gasteiger partial charge in [-0.15, -0.1) is 0 Å². The topological polar surface area (TPSA) is 90.7 Å². The van der Waals surface area contributed by atoms with E-state index < -0.39 is 4.92 Å². The highest BCUT2D eigenvalue weighted by Gasteiger charge is 2.17.